The molecular formula is C16H13NO2. The minimum Gasteiger partial charge on any atom is -0.540 e. The predicted molar refractivity (Wildman–Crippen MR) is 70.2 cm³/mol. The molecule has 3 nitrogen and oxygen atoms in total. The van der Waals surface area contributed by atoms with E-state index in [4.69, 9.17) is 4.42 Å². The van der Waals surface area contributed by atoms with Gasteiger partial charge >= 0.3 is 0 Å². The van der Waals surface area contributed by atoms with E-state index in [1.54, 1.807) is 4.57 Å². The number of benzene rings is 2. The van der Waals surface area contributed by atoms with Crippen molar-refractivity contribution >= 4 is 0 Å². The van der Waals surface area contributed by atoms with Gasteiger partial charge in [-0.05, 0) is 24.3 Å². The summed E-state index contributed by atoms with van der Waals surface area (Å²) in [6.07, 6.45) is 0. The van der Waals surface area contributed by atoms with Gasteiger partial charge in [0.2, 0.25) is 5.69 Å². The maximum Gasteiger partial charge on any atom is 0.269 e. The molecule has 0 amide bonds. The summed E-state index contributed by atoms with van der Waals surface area (Å²) >= 11 is 0. The lowest BCUT2D eigenvalue weighted by Gasteiger charge is -1.98. The van der Waals surface area contributed by atoms with Crippen LogP contribution in [0, 0.1) is 0 Å². The lowest BCUT2D eigenvalue weighted by Crippen LogP contribution is -2.31. The largest absolute Gasteiger partial charge is 0.540 e. The first-order chi connectivity index (χ1) is 9.27. The number of oxazole rings is 1. The number of hydrogen-bond acceptors (Lipinski definition) is 2. The summed E-state index contributed by atoms with van der Waals surface area (Å²) in [5.74, 6) is 0.261. The van der Waals surface area contributed by atoms with Gasteiger partial charge in [-0.1, -0.05) is 36.4 Å². The summed E-state index contributed by atoms with van der Waals surface area (Å²) < 4.78 is 7.19. The van der Waals surface area contributed by atoms with Gasteiger partial charge < -0.3 is 9.52 Å². The fourth-order valence-corrected chi connectivity index (χ4v) is 2.18. The molecule has 1 heterocycles. The SMILES string of the molecule is C[n+]1c(-c2ccccc2)oc([O-])c1-c1ccccc1. The Morgan fingerprint density at radius 3 is 1.95 bits per heavy atom. The highest BCUT2D eigenvalue weighted by atomic mass is 16.5. The molecule has 2 aromatic carbocycles. The molecule has 1 aromatic heterocycles. The first kappa shape index (κ1) is 11.5. The molecule has 0 aliphatic rings. The molecule has 19 heavy (non-hydrogen) atoms. The van der Waals surface area contributed by atoms with Crippen molar-refractivity contribution in [3.63, 3.8) is 0 Å². The van der Waals surface area contributed by atoms with Crippen LogP contribution < -0.4 is 9.67 Å². The zero-order chi connectivity index (χ0) is 13.2. The van der Waals surface area contributed by atoms with E-state index in [2.05, 4.69) is 0 Å². The van der Waals surface area contributed by atoms with Crippen LogP contribution in [-0.2, 0) is 7.05 Å². The van der Waals surface area contributed by atoms with Crippen molar-refractivity contribution in [1.82, 2.24) is 0 Å². The minimum atomic E-state index is -0.312. The van der Waals surface area contributed by atoms with E-state index in [1.165, 1.54) is 0 Å². The quantitative estimate of drug-likeness (QED) is 0.656. The Balaban J connectivity index is 2.17. The molecule has 0 spiro atoms. The number of hydrogen-bond donors (Lipinski definition) is 0. The van der Waals surface area contributed by atoms with E-state index in [0.29, 0.717) is 11.6 Å². The zero-order valence-corrected chi connectivity index (χ0v) is 10.5. The monoisotopic (exact) mass is 251 g/mol. The smallest absolute Gasteiger partial charge is 0.269 e. The molecule has 0 aliphatic heterocycles. The number of aromatic nitrogens is 1. The van der Waals surface area contributed by atoms with Gasteiger partial charge in [-0.2, -0.15) is 4.57 Å². The molecule has 0 fully saturated rings. The fourth-order valence-electron chi connectivity index (χ4n) is 2.18. The average Bonchev–Trinajstić information content (AvgIpc) is 2.76. The first-order valence-electron chi connectivity index (χ1n) is 6.08. The second-order valence-electron chi connectivity index (χ2n) is 4.33. The maximum absolute atomic E-state index is 12.0. The van der Waals surface area contributed by atoms with Crippen LogP contribution in [0.4, 0.5) is 0 Å². The summed E-state index contributed by atoms with van der Waals surface area (Å²) in [7, 11) is 1.84. The molecule has 3 aromatic rings. The van der Waals surface area contributed by atoms with Crippen LogP contribution in [-0.4, -0.2) is 0 Å². The molecule has 3 rings (SSSR count). The Bertz CT molecular complexity index is 688. The van der Waals surface area contributed by atoms with E-state index in [0.717, 1.165) is 11.1 Å². The Kier molecular flexibility index (Phi) is 2.80. The molecular weight excluding hydrogens is 238 g/mol. The Morgan fingerprint density at radius 2 is 1.37 bits per heavy atom. The lowest BCUT2D eigenvalue weighted by molar-refractivity contribution is -0.652. The molecule has 0 saturated carbocycles. The van der Waals surface area contributed by atoms with Crippen molar-refractivity contribution in [1.29, 1.82) is 0 Å². The van der Waals surface area contributed by atoms with Crippen molar-refractivity contribution in [2.24, 2.45) is 7.05 Å². The predicted octanol–water partition coefficient (Wildman–Crippen LogP) is 2.51. The van der Waals surface area contributed by atoms with Gasteiger partial charge in [0.25, 0.3) is 5.89 Å². The van der Waals surface area contributed by atoms with Crippen LogP contribution in [0.3, 0.4) is 0 Å². The molecule has 0 radical (unpaired) electrons. The van der Waals surface area contributed by atoms with Gasteiger partial charge in [0, 0.05) is 5.56 Å². The van der Waals surface area contributed by atoms with Crippen LogP contribution in [0.5, 0.6) is 5.95 Å². The standard InChI is InChI=1S/C16H13NO2/c1-17-14(12-8-4-2-5-9-12)16(18)19-15(17)13-10-6-3-7-11-13/h2-11H,1H3. The van der Waals surface area contributed by atoms with Gasteiger partial charge in [0.1, 0.15) is 13.0 Å². The van der Waals surface area contributed by atoms with Gasteiger partial charge in [0.15, 0.2) is 0 Å². The molecule has 0 bridgehead atoms. The van der Waals surface area contributed by atoms with Crippen molar-refractivity contribution in [3.8, 4) is 28.7 Å². The summed E-state index contributed by atoms with van der Waals surface area (Å²) in [6, 6.07) is 19.2. The van der Waals surface area contributed by atoms with Gasteiger partial charge in [-0.3, -0.25) is 0 Å². The summed E-state index contributed by atoms with van der Waals surface area (Å²) in [5, 5.41) is 12.0. The van der Waals surface area contributed by atoms with Crippen molar-refractivity contribution < 1.29 is 14.1 Å². The lowest BCUT2D eigenvalue weighted by atomic mass is 10.1. The van der Waals surface area contributed by atoms with Crippen LogP contribution in [0.25, 0.3) is 22.7 Å². The van der Waals surface area contributed by atoms with Gasteiger partial charge in [-0.25, -0.2) is 0 Å². The molecule has 0 atom stereocenters. The second-order valence-corrected chi connectivity index (χ2v) is 4.33. The van der Waals surface area contributed by atoms with Crippen molar-refractivity contribution in [2.45, 2.75) is 0 Å². The Labute approximate surface area is 111 Å². The maximum atomic E-state index is 12.0. The molecule has 94 valence electrons. The van der Waals surface area contributed by atoms with Gasteiger partial charge in [0.05, 0.1) is 5.56 Å². The van der Waals surface area contributed by atoms with E-state index in [9.17, 15) is 5.11 Å². The minimum absolute atomic E-state index is 0.312. The van der Waals surface area contributed by atoms with Crippen LogP contribution in [0.15, 0.2) is 65.1 Å². The Hall–Kier alpha value is -2.55. The Morgan fingerprint density at radius 1 is 0.842 bits per heavy atom. The first-order valence-corrected chi connectivity index (χ1v) is 6.08. The van der Waals surface area contributed by atoms with Crippen LogP contribution in [0.2, 0.25) is 0 Å². The van der Waals surface area contributed by atoms with E-state index < -0.39 is 0 Å². The van der Waals surface area contributed by atoms with Gasteiger partial charge in [-0.15, -0.1) is 0 Å². The summed E-state index contributed by atoms with van der Waals surface area (Å²) in [5.41, 5.74) is 2.32. The highest BCUT2D eigenvalue weighted by Crippen LogP contribution is 2.29. The highest BCUT2D eigenvalue weighted by molar-refractivity contribution is 5.62. The normalized spacial score (nSPS) is 10.6. The molecule has 0 saturated heterocycles. The number of rotatable bonds is 2. The third-order valence-electron chi connectivity index (χ3n) is 3.09. The third-order valence-corrected chi connectivity index (χ3v) is 3.09. The number of nitrogens with zero attached hydrogens (tertiary/aromatic N) is 1. The second kappa shape index (κ2) is 4.61. The molecule has 0 unspecified atom stereocenters. The molecule has 0 N–H and O–H groups in total. The van der Waals surface area contributed by atoms with E-state index in [1.807, 2.05) is 67.7 Å². The zero-order valence-electron chi connectivity index (χ0n) is 10.5. The van der Waals surface area contributed by atoms with Crippen molar-refractivity contribution in [2.75, 3.05) is 0 Å². The topological polar surface area (TPSA) is 40.1 Å². The molecule has 3 heteroatoms. The summed E-state index contributed by atoms with van der Waals surface area (Å²) in [4.78, 5) is 0. The molecule has 0 aliphatic carbocycles. The fraction of sp³-hybridized carbons (Fsp3) is 0.0625. The average molecular weight is 251 g/mol. The summed E-state index contributed by atoms with van der Waals surface area (Å²) in [6.45, 7) is 0. The van der Waals surface area contributed by atoms with Crippen LogP contribution >= 0.6 is 0 Å². The van der Waals surface area contributed by atoms with E-state index >= 15 is 0 Å². The third kappa shape index (κ3) is 1.99. The van der Waals surface area contributed by atoms with Crippen molar-refractivity contribution in [3.05, 3.63) is 60.7 Å². The van der Waals surface area contributed by atoms with Crippen LogP contribution in [0.1, 0.15) is 0 Å². The highest BCUT2D eigenvalue weighted by Gasteiger charge is 2.20. The van der Waals surface area contributed by atoms with E-state index in [-0.39, 0.29) is 5.95 Å².